The van der Waals surface area contributed by atoms with Gasteiger partial charge in [0, 0.05) is 11.4 Å². The number of hydrogen-bond donors (Lipinski definition) is 3. The van der Waals surface area contributed by atoms with Gasteiger partial charge in [-0.2, -0.15) is 0 Å². The van der Waals surface area contributed by atoms with E-state index in [2.05, 4.69) is 5.32 Å². The van der Waals surface area contributed by atoms with Crippen molar-refractivity contribution in [2.75, 3.05) is 18.2 Å². The molecule has 5 N–H and O–H groups in total. The van der Waals surface area contributed by atoms with E-state index >= 15 is 0 Å². The highest BCUT2D eigenvalue weighted by Crippen LogP contribution is 2.30. The first-order valence-electron chi connectivity index (χ1n) is 5.81. The van der Waals surface area contributed by atoms with Crippen LogP contribution < -0.4 is 21.5 Å². The quantitative estimate of drug-likeness (QED) is 0.756. The molecule has 0 bridgehead atoms. The summed E-state index contributed by atoms with van der Waals surface area (Å²) in [6, 6.07) is 10.1. The Hall–Kier alpha value is -2.40. The Bertz CT molecular complexity index is 659. The summed E-state index contributed by atoms with van der Waals surface area (Å²) in [5.41, 5.74) is 13.0. The molecule has 0 aliphatic heterocycles. The number of nitrogen functional groups attached to an aromatic ring is 1. The first-order chi connectivity index (χ1) is 9.51. The summed E-state index contributed by atoms with van der Waals surface area (Å²) in [4.78, 5) is 11.4. The molecular weight excluding hydrogens is 278 g/mol. The fourth-order valence-corrected chi connectivity index (χ4v) is 2.03. The van der Waals surface area contributed by atoms with Crippen LogP contribution in [0.1, 0.15) is 10.4 Å². The van der Waals surface area contributed by atoms with Crippen molar-refractivity contribution >= 4 is 34.6 Å². The highest BCUT2D eigenvalue weighted by Gasteiger charge is 2.10. The number of carbonyl (C=O) groups is 1. The Kier molecular flexibility index (Phi) is 4.00. The van der Waals surface area contributed by atoms with Gasteiger partial charge in [0.1, 0.15) is 5.75 Å². The first-order valence-corrected chi connectivity index (χ1v) is 6.19. The average molecular weight is 292 g/mol. The van der Waals surface area contributed by atoms with Crippen molar-refractivity contribution in [2.45, 2.75) is 0 Å². The maximum Gasteiger partial charge on any atom is 0.250 e. The Morgan fingerprint density at radius 2 is 2.00 bits per heavy atom. The smallest absolute Gasteiger partial charge is 0.250 e. The summed E-state index contributed by atoms with van der Waals surface area (Å²) in [7, 11) is 1.54. The van der Waals surface area contributed by atoms with Crippen molar-refractivity contribution < 1.29 is 9.53 Å². The van der Waals surface area contributed by atoms with Crippen LogP contribution in [0.2, 0.25) is 5.02 Å². The molecule has 2 aromatic rings. The molecule has 0 unspecified atom stereocenters. The largest absolute Gasteiger partial charge is 0.495 e. The third-order valence-corrected chi connectivity index (χ3v) is 3.04. The van der Waals surface area contributed by atoms with E-state index in [9.17, 15) is 4.79 Å². The predicted octanol–water partition coefficient (Wildman–Crippen LogP) is 2.77. The Morgan fingerprint density at radius 3 is 2.60 bits per heavy atom. The normalized spacial score (nSPS) is 10.1. The van der Waals surface area contributed by atoms with Gasteiger partial charge in [0.05, 0.1) is 23.4 Å². The summed E-state index contributed by atoms with van der Waals surface area (Å²) < 4.78 is 5.08. The molecule has 0 aliphatic rings. The van der Waals surface area contributed by atoms with Gasteiger partial charge in [-0.25, -0.2) is 0 Å². The van der Waals surface area contributed by atoms with Gasteiger partial charge in [-0.1, -0.05) is 11.6 Å². The topological polar surface area (TPSA) is 90.4 Å². The summed E-state index contributed by atoms with van der Waals surface area (Å²) in [5.74, 6) is 0.0176. The van der Waals surface area contributed by atoms with E-state index in [1.807, 2.05) is 0 Å². The summed E-state index contributed by atoms with van der Waals surface area (Å²) >= 11 is 6.05. The van der Waals surface area contributed by atoms with Crippen LogP contribution in [-0.4, -0.2) is 13.0 Å². The van der Waals surface area contributed by atoms with Crippen LogP contribution in [0.4, 0.5) is 17.1 Å². The lowest BCUT2D eigenvalue weighted by Gasteiger charge is -2.12. The van der Waals surface area contributed by atoms with Crippen molar-refractivity contribution in [1.82, 2.24) is 0 Å². The number of halogens is 1. The number of rotatable bonds is 4. The summed E-state index contributed by atoms with van der Waals surface area (Å²) in [6.45, 7) is 0. The standard InChI is InChI=1S/C14H14ClN3O2/c1-20-13-5-3-9(7-11(13)15)18-12-4-2-8(16)6-10(12)14(17)19/h2-7,18H,16H2,1H3,(H2,17,19). The van der Waals surface area contributed by atoms with Crippen molar-refractivity contribution in [3.8, 4) is 5.75 Å². The molecule has 0 spiro atoms. The van der Waals surface area contributed by atoms with Gasteiger partial charge in [0.15, 0.2) is 0 Å². The fraction of sp³-hybridized carbons (Fsp3) is 0.0714. The minimum absolute atomic E-state index is 0.317. The zero-order valence-corrected chi connectivity index (χ0v) is 11.6. The minimum Gasteiger partial charge on any atom is -0.495 e. The van der Waals surface area contributed by atoms with Crippen molar-refractivity contribution in [3.63, 3.8) is 0 Å². The van der Waals surface area contributed by atoms with Crippen LogP contribution >= 0.6 is 11.6 Å². The van der Waals surface area contributed by atoms with Crippen molar-refractivity contribution in [2.24, 2.45) is 5.73 Å². The van der Waals surface area contributed by atoms with E-state index in [1.165, 1.54) is 6.07 Å². The van der Waals surface area contributed by atoms with E-state index in [-0.39, 0.29) is 0 Å². The number of methoxy groups -OCH3 is 1. The first kappa shape index (κ1) is 14.0. The van der Waals surface area contributed by atoms with Crippen LogP contribution in [0.15, 0.2) is 36.4 Å². The van der Waals surface area contributed by atoms with Gasteiger partial charge in [-0.15, -0.1) is 0 Å². The number of amides is 1. The Morgan fingerprint density at radius 1 is 1.25 bits per heavy atom. The third kappa shape index (κ3) is 2.95. The number of anilines is 3. The minimum atomic E-state index is -0.556. The maximum absolute atomic E-state index is 11.4. The van der Waals surface area contributed by atoms with E-state index in [4.69, 9.17) is 27.8 Å². The second kappa shape index (κ2) is 5.71. The number of carbonyl (C=O) groups excluding carboxylic acids is 1. The molecule has 6 heteroatoms. The van der Waals surface area contributed by atoms with Gasteiger partial charge < -0.3 is 21.5 Å². The molecule has 0 aromatic heterocycles. The maximum atomic E-state index is 11.4. The highest BCUT2D eigenvalue weighted by atomic mass is 35.5. The van der Waals surface area contributed by atoms with Gasteiger partial charge in [-0.05, 0) is 36.4 Å². The van der Waals surface area contributed by atoms with Crippen molar-refractivity contribution in [1.29, 1.82) is 0 Å². The van der Waals surface area contributed by atoms with Gasteiger partial charge in [0.2, 0.25) is 0 Å². The molecule has 0 saturated carbocycles. The van der Waals surface area contributed by atoms with Crippen LogP contribution in [0.3, 0.4) is 0 Å². The van der Waals surface area contributed by atoms with E-state index in [1.54, 1.807) is 37.4 Å². The van der Waals surface area contributed by atoms with E-state index in [0.717, 1.165) is 0 Å². The molecule has 0 saturated heterocycles. The average Bonchev–Trinajstić information content (AvgIpc) is 2.41. The fourth-order valence-electron chi connectivity index (χ4n) is 1.77. The van der Waals surface area contributed by atoms with Gasteiger partial charge in [-0.3, -0.25) is 4.79 Å². The number of hydrogen-bond acceptors (Lipinski definition) is 4. The van der Waals surface area contributed by atoms with Crippen LogP contribution in [0.25, 0.3) is 0 Å². The zero-order chi connectivity index (χ0) is 14.7. The van der Waals surface area contributed by atoms with Gasteiger partial charge >= 0.3 is 0 Å². The summed E-state index contributed by atoms with van der Waals surface area (Å²) in [6.07, 6.45) is 0. The second-order valence-electron chi connectivity index (χ2n) is 4.14. The van der Waals surface area contributed by atoms with Crippen LogP contribution in [0.5, 0.6) is 5.75 Å². The molecule has 0 heterocycles. The number of primary amides is 1. The zero-order valence-electron chi connectivity index (χ0n) is 10.8. The number of nitrogens with one attached hydrogen (secondary N) is 1. The Labute approximate surface area is 121 Å². The lowest BCUT2D eigenvalue weighted by Crippen LogP contribution is -2.13. The van der Waals surface area contributed by atoms with Crippen molar-refractivity contribution in [3.05, 3.63) is 47.0 Å². The number of benzene rings is 2. The monoisotopic (exact) mass is 291 g/mol. The molecule has 2 rings (SSSR count). The molecule has 5 nitrogen and oxygen atoms in total. The van der Waals surface area contributed by atoms with Gasteiger partial charge in [0.25, 0.3) is 5.91 Å². The predicted molar refractivity (Wildman–Crippen MR) is 80.7 cm³/mol. The number of nitrogens with two attached hydrogens (primary N) is 2. The molecular formula is C14H14ClN3O2. The highest BCUT2D eigenvalue weighted by molar-refractivity contribution is 6.32. The SMILES string of the molecule is COc1ccc(Nc2ccc(N)cc2C(N)=O)cc1Cl. The molecule has 1 amide bonds. The third-order valence-electron chi connectivity index (χ3n) is 2.74. The lowest BCUT2D eigenvalue weighted by molar-refractivity contribution is 0.100. The molecule has 0 fully saturated rings. The molecule has 0 atom stereocenters. The second-order valence-corrected chi connectivity index (χ2v) is 4.55. The number of ether oxygens (including phenoxy) is 1. The molecule has 2 aromatic carbocycles. The van der Waals surface area contributed by atoms with Crippen LogP contribution in [0, 0.1) is 0 Å². The van der Waals surface area contributed by atoms with Crippen LogP contribution in [-0.2, 0) is 0 Å². The lowest BCUT2D eigenvalue weighted by atomic mass is 10.1. The Balaban J connectivity index is 2.35. The molecule has 104 valence electrons. The molecule has 0 aliphatic carbocycles. The van der Waals surface area contributed by atoms with E-state index < -0.39 is 5.91 Å². The van der Waals surface area contributed by atoms with E-state index in [0.29, 0.717) is 33.4 Å². The molecule has 0 radical (unpaired) electrons. The molecule has 20 heavy (non-hydrogen) atoms. The summed E-state index contributed by atoms with van der Waals surface area (Å²) in [5, 5.41) is 3.54.